The molecule has 0 atom stereocenters. The normalized spacial score (nSPS) is 12.1. The van der Waals surface area contributed by atoms with Gasteiger partial charge in [-0.15, -0.1) is 0 Å². The SMILES string of the molecule is NC(=O)c1cc(C(=O)N2Cc3ccccc3-c3ccccc32)c(Cl)c(-c2ccccc2)c1Cl. The summed E-state index contributed by atoms with van der Waals surface area (Å²) in [6.45, 7) is 0.373. The van der Waals surface area contributed by atoms with Crippen molar-refractivity contribution in [3.8, 4) is 22.3 Å². The summed E-state index contributed by atoms with van der Waals surface area (Å²) in [4.78, 5) is 27.8. The number of rotatable bonds is 3. The molecule has 0 unspecified atom stereocenters. The first-order valence-electron chi connectivity index (χ1n) is 10.3. The number of carbonyl (C=O) groups excluding carboxylic acids is 2. The predicted molar refractivity (Wildman–Crippen MR) is 133 cm³/mol. The van der Waals surface area contributed by atoms with Crippen LogP contribution in [0.25, 0.3) is 22.3 Å². The number of anilines is 1. The number of nitrogens with zero attached hydrogens (tertiary/aromatic N) is 1. The Labute approximate surface area is 201 Å². The molecule has 0 saturated heterocycles. The Hall–Kier alpha value is -3.60. The van der Waals surface area contributed by atoms with Gasteiger partial charge in [0.25, 0.3) is 5.91 Å². The van der Waals surface area contributed by atoms with E-state index in [1.54, 1.807) is 4.90 Å². The van der Waals surface area contributed by atoms with E-state index in [1.807, 2.05) is 78.9 Å². The van der Waals surface area contributed by atoms with E-state index in [1.165, 1.54) is 6.07 Å². The van der Waals surface area contributed by atoms with Gasteiger partial charge in [-0.05, 0) is 28.8 Å². The smallest absolute Gasteiger partial charge is 0.260 e. The van der Waals surface area contributed by atoms with Crippen molar-refractivity contribution in [2.45, 2.75) is 6.54 Å². The average molecular weight is 473 g/mol. The number of halogens is 2. The summed E-state index contributed by atoms with van der Waals surface area (Å²) in [5.41, 5.74) is 10.8. The highest BCUT2D eigenvalue weighted by molar-refractivity contribution is 6.43. The number of amides is 2. The summed E-state index contributed by atoms with van der Waals surface area (Å²) in [5.74, 6) is -1.06. The first-order valence-corrected chi connectivity index (χ1v) is 11.1. The summed E-state index contributed by atoms with van der Waals surface area (Å²) >= 11 is 13.3. The van der Waals surface area contributed by atoms with E-state index >= 15 is 0 Å². The van der Waals surface area contributed by atoms with E-state index in [0.717, 1.165) is 22.4 Å². The zero-order valence-corrected chi connectivity index (χ0v) is 18.9. The highest BCUT2D eigenvalue weighted by atomic mass is 35.5. The topological polar surface area (TPSA) is 63.4 Å². The number of nitrogens with two attached hydrogens (primary N) is 1. The first-order chi connectivity index (χ1) is 16.0. The van der Waals surface area contributed by atoms with E-state index in [2.05, 4.69) is 0 Å². The highest BCUT2D eigenvalue weighted by Gasteiger charge is 2.30. The van der Waals surface area contributed by atoms with E-state index in [9.17, 15) is 9.59 Å². The Kier molecular flexibility index (Phi) is 5.41. The monoisotopic (exact) mass is 472 g/mol. The van der Waals surface area contributed by atoms with Gasteiger partial charge >= 0.3 is 0 Å². The molecule has 1 aliphatic heterocycles. The first kappa shape index (κ1) is 21.3. The third-order valence-corrected chi connectivity index (χ3v) is 6.62. The van der Waals surface area contributed by atoms with Crippen LogP contribution >= 0.6 is 23.2 Å². The van der Waals surface area contributed by atoms with Crippen molar-refractivity contribution in [1.29, 1.82) is 0 Å². The van der Waals surface area contributed by atoms with Gasteiger partial charge in [0.1, 0.15) is 0 Å². The summed E-state index contributed by atoms with van der Waals surface area (Å²) in [7, 11) is 0. The lowest BCUT2D eigenvalue weighted by molar-refractivity contribution is 0.0985. The number of benzene rings is 4. The van der Waals surface area contributed by atoms with Crippen LogP contribution in [0.5, 0.6) is 0 Å². The van der Waals surface area contributed by atoms with Gasteiger partial charge in [-0.25, -0.2) is 0 Å². The molecule has 2 N–H and O–H groups in total. The third kappa shape index (κ3) is 3.58. The molecular weight excluding hydrogens is 455 g/mol. The van der Waals surface area contributed by atoms with Crippen LogP contribution in [0.4, 0.5) is 5.69 Å². The minimum atomic E-state index is -0.729. The van der Waals surface area contributed by atoms with Crippen LogP contribution in [0, 0.1) is 0 Å². The van der Waals surface area contributed by atoms with Crippen LogP contribution in [-0.4, -0.2) is 11.8 Å². The molecule has 0 bridgehead atoms. The van der Waals surface area contributed by atoms with Crippen LogP contribution < -0.4 is 10.6 Å². The van der Waals surface area contributed by atoms with Crippen LogP contribution in [-0.2, 0) is 6.54 Å². The lowest BCUT2D eigenvalue weighted by Gasteiger charge is -2.32. The van der Waals surface area contributed by atoms with Gasteiger partial charge in [0.05, 0.1) is 33.4 Å². The van der Waals surface area contributed by atoms with Crippen molar-refractivity contribution in [3.05, 3.63) is 112 Å². The Balaban J connectivity index is 1.70. The maximum Gasteiger partial charge on any atom is 0.260 e. The maximum absolute atomic E-state index is 13.9. The van der Waals surface area contributed by atoms with Gasteiger partial charge in [-0.2, -0.15) is 0 Å². The van der Waals surface area contributed by atoms with Gasteiger partial charge in [0, 0.05) is 11.1 Å². The van der Waals surface area contributed by atoms with Crippen LogP contribution in [0.1, 0.15) is 26.3 Å². The van der Waals surface area contributed by atoms with Gasteiger partial charge in [-0.1, -0.05) is 96.0 Å². The molecular formula is C27H18Cl2N2O2. The second kappa shape index (κ2) is 8.39. The quantitative estimate of drug-likeness (QED) is 0.365. The number of hydrogen-bond donors (Lipinski definition) is 1. The summed E-state index contributed by atoms with van der Waals surface area (Å²) in [5, 5.41) is 0.303. The lowest BCUT2D eigenvalue weighted by atomic mass is 9.92. The number of hydrogen-bond acceptors (Lipinski definition) is 2. The molecule has 4 aromatic carbocycles. The van der Waals surface area contributed by atoms with Crippen molar-refractivity contribution in [3.63, 3.8) is 0 Å². The fourth-order valence-corrected chi connectivity index (χ4v) is 5.01. The largest absolute Gasteiger partial charge is 0.366 e. The van der Waals surface area contributed by atoms with Crippen LogP contribution in [0.3, 0.4) is 0 Å². The molecule has 0 aliphatic carbocycles. The van der Waals surface area contributed by atoms with E-state index in [-0.39, 0.29) is 27.1 Å². The van der Waals surface area contributed by atoms with Crippen molar-refractivity contribution < 1.29 is 9.59 Å². The number of primary amides is 1. The molecule has 0 radical (unpaired) electrons. The zero-order chi connectivity index (χ0) is 23.1. The molecule has 0 fully saturated rings. The standard InChI is InChI=1S/C27H18Cl2N2O2/c28-24-20(26(30)32)14-21(25(29)23(24)16-8-2-1-3-9-16)27(33)31-15-17-10-4-5-11-18(17)19-12-6-7-13-22(19)31/h1-14H,15H2,(H2,30,32). The minimum Gasteiger partial charge on any atom is -0.366 e. The predicted octanol–water partition coefficient (Wildman–Crippen LogP) is 6.59. The van der Waals surface area contributed by atoms with Gasteiger partial charge in [0.2, 0.25) is 5.91 Å². The van der Waals surface area contributed by atoms with Crippen molar-refractivity contribution in [2.75, 3.05) is 4.90 Å². The Morgan fingerprint density at radius 3 is 2.09 bits per heavy atom. The Bertz CT molecular complexity index is 1420. The molecule has 0 saturated carbocycles. The molecule has 0 aromatic heterocycles. The molecule has 33 heavy (non-hydrogen) atoms. The van der Waals surface area contributed by atoms with Crippen molar-refractivity contribution in [1.82, 2.24) is 0 Å². The fourth-order valence-electron chi connectivity index (χ4n) is 4.27. The Morgan fingerprint density at radius 1 is 0.758 bits per heavy atom. The fraction of sp³-hybridized carbons (Fsp3) is 0.0370. The van der Waals surface area contributed by atoms with Crippen LogP contribution in [0.15, 0.2) is 84.9 Å². The molecule has 1 heterocycles. The molecule has 0 spiro atoms. The summed E-state index contributed by atoms with van der Waals surface area (Å²) < 4.78 is 0. The number of carbonyl (C=O) groups is 2. The second-order valence-corrected chi connectivity index (χ2v) is 8.53. The number of para-hydroxylation sites is 1. The average Bonchev–Trinajstić information content (AvgIpc) is 2.84. The Morgan fingerprint density at radius 2 is 1.36 bits per heavy atom. The highest BCUT2D eigenvalue weighted by Crippen LogP contribution is 2.43. The third-order valence-electron chi connectivity index (χ3n) is 5.83. The summed E-state index contributed by atoms with van der Waals surface area (Å²) in [6.07, 6.45) is 0. The molecule has 5 rings (SSSR count). The minimum absolute atomic E-state index is 0.0500. The summed E-state index contributed by atoms with van der Waals surface area (Å²) in [6, 6.07) is 26.2. The maximum atomic E-state index is 13.9. The molecule has 6 heteroatoms. The lowest BCUT2D eigenvalue weighted by Crippen LogP contribution is -2.33. The number of fused-ring (bicyclic) bond motifs is 3. The van der Waals surface area contributed by atoms with Crippen LogP contribution in [0.2, 0.25) is 10.0 Å². The van der Waals surface area contributed by atoms with E-state index in [4.69, 9.17) is 28.9 Å². The van der Waals surface area contributed by atoms with Gasteiger partial charge in [0.15, 0.2) is 0 Å². The zero-order valence-electron chi connectivity index (χ0n) is 17.4. The van der Waals surface area contributed by atoms with Crippen molar-refractivity contribution in [2.24, 2.45) is 5.73 Å². The van der Waals surface area contributed by atoms with E-state index < -0.39 is 5.91 Å². The van der Waals surface area contributed by atoms with E-state index in [0.29, 0.717) is 17.7 Å². The molecule has 4 aromatic rings. The molecule has 162 valence electrons. The van der Waals surface area contributed by atoms with Gasteiger partial charge < -0.3 is 10.6 Å². The molecule has 1 aliphatic rings. The molecule has 4 nitrogen and oxygen atoms in total. The van der Waals surface area contributed by atoms with Crippen molar-refractivity contribution >= 4 is 40.7 Å². The van der Waals surface area contributed by atoms with Gasteiger partial charge in [-0.3, -0.25) is 9.59 Å². The molecule has 2 amide bonds. The second-order valence-electron chi connectivity index (χ2n) is 7.77.